The molecule has 0 saturated heterocycles. The molecule has 0 fully saturated rings. The molecule has 0 bridgehead atoms. The van der Waals surface area contributed by atoms with Crippen molar-refractivity contribution in [2.75, 3.05) is 13.1 Å². The van der Waals surface area contributed by atoms with Gasteiger partial charge in [0.05, 0.1) is 28.2 Å². The van der Waals surface area contributed by atoms with Gasteiger partial charge in [0.15, 0.2) is 10.7 Å². The summed E-state index contributed by atoms with van der Waals surface area (Å²) >= 11 is 6.28. The van der Waals surface area contributed by atoms with E-state index >= 15 is 0 Å². The third-order valence-electron chi connectivity index (χ3n) is 7.31. The van der Waals surface area contributed by atoms with E-state index in [0.29, 0.717) is 25.1 Å². The number of hydrogen-bond acceptors (Lipinski definition) is 5. The number of ether oxygens (including phenoxy) is 1. The van der Waals surface area contributed by atoms with Crippen molar-refractivity contribution >= 4 is 22.3 Å². The van der Waals surface area contributed by atoms with E-state index in [-0.39, 0.29) is 33.7 Å². The molecule has 0 spiro atoms. The molecule has 0 unspecified atom stereocenters. The number of benzene rings is 4. The van der Waals surface area contributed by atoms with E-state index in [4.69, 9.17) is 16.3 Å². The lowest BCUT2D eigenvalue weighted by Gasteiger charge is -2.30. The Kier molecular flexibility index (Phi) is 11.4. The molecule has 11 heteroatoms. The quantitative estimate of drug-likeness (QED) is 0.116. The standard InChI is InChI=1S/C33H32ClF4NO4S/c1-22(43-26-17-30(35)28(21-40)31(18-26)44(41)42)15-16-39(19-25-13-8-14-29(32(25)34)33(36,37)38)20-27(23-9-4-2-5-10-23)24-11-6-3-7-12-24/h2-14,17-18,22,27,40,44H,15-16,19-21H2,1H3/t22-/m1/s1. The summed E-state index contributed by atoms with van der Waals surface area (Å²) in [6, 6.07) is 25.6. The summed E-state index contributed by atoms with van der Waals surface area (Å²) in [5.74, 6) is -1.03. The van der Waals surface area contributed by atoms with E-state index < -0.39 is 41.0 Å². The SMILES string of the molecule is C[C@H](CCN(Cc1cccc(C(F)(F)F)c1Cl)CC(c1ccccc1)c1ccccc1)Oc1cc(F)c(CO)c([SH](=O)=O)c1. The van der Waals surface area contributed by atoms with Gasteiger partial charge >= 0.3 is 6.18 Å². The molecular weight excluding hydrogens is 618 g/mol. The third-order valence-corrected chi connectivity index (χ3v) is 8.55. The lowest BCUT2D eigenvalue weighted by atomic mass is 9.90. The highest BCUT2D eigenvalue weighted by Gasteiger charge is 2.34. The predicted octanol–water partition coefficient (Wildman–Crippen LogP) is 7.45. The van der Waals surface area contributed by atoms with Gasteiger partial charge in [-0.05, 0) is 42.2 Å². The molecular formula is C33H32ClF4NO4S. The normalized spacial score (nSPS) is 12.7. The van der Waals surface area contributed by atoms with Crippen LogP contribution in [-0.4, -0.2) is 37.6 Å². The molecule has 0 aromatic heterocycles. The zero-order valence-corrected chi connectivity index (χ0v) is 25.5. The molecule has 0 aliphatic carbocycles. The molecule has 0 amide bonds. The maximum atomic E-state index is 14.5. The Labute approximate surface area is 260 Å². The van der Waals surface area contributed by atoms with Crippen molar-refractivity contribution in [3.63, 3.8) is 0 Å². The Morgan fingerprint density at radius 1 is 0.932 bits per heavy atom. The zero-order chi connectivity index (χ0) is 31.9. The Hall–Kier alpha value is -3.44. The van der Waals surface area contributed by atoms with E-state index in [2.05, 4.69) is 0 Å². The number of rotatable bonds is 13. The van der Waals surface area contributed by atoms with E-state index in [0.717, 1.165) is 29.3 Å². The molecule has 0 aliphatic rings. The Morgan fingerprint density at radius 3 is 2.09 bits per heavy atom. The highest BCUT2D eigenvalue weighted by atomic mass is 35.5. The van der Waals surface area contributed by atoms with Crippen molar-refractivity contribution in [3.05, 3.63) is 130 Å². The number of alkyl halides is 3. The smallest absolute Gasteiger partial charge is 0.417 e. The van der Waals surface area contributed by atoms with Crippen molar-refractivity contribution in [3.8, 4) is 5.75 Å². The number of thiol groups is 1. The van der Waals surface area contributed by atoms with Crippen LogP contribution in [0.3, 0.4) is 0 Å². The molecule has 4 aromatic carbocycles. The first kappa shape index (κ1) is 33.5. The van der Waals surface area contributed by atoms with Crippen LogP contribution in [0.15, 0.2) is 95.9 Å². The average Bonchev–Trinajstić information content (AvgIpc) is 2.99. The van der Waals surface area contributed by atoms with Crippen molar-refractivity contribution in [1.29, 1.82) is 0 Å². The number of aliphatic hydroxyl groups is 1. The molecule has 0 saturated carbocycles. The van der Waals surface area contributed by atoms with Crippen LogP contribution in [0.2, 0.25) is 5.02 Å². The van der Waals surface area contributed by atoms with E-state index in [1.54, 1.807) is 13.0 Å². The van der Waals surface area contributed by atoms with Gasteiger partial charge in [-0.3, -0.25) is 4.90 Å². The van der Waals surface area contributed by atoms with Crippen LogP contribution in [0.5, 0.6) is 5.75 Å². The van der Waals surface area contributed by atoms with Gasteiger partial charge in [-0.25, -0.2) is 12.8 Å². The summed E-state index contributed by atoms with van der Waals surface area (Å²) in [6.45, 7) is 1.87. The largest absolute Gasteiger partial charge is 0.491 e. The van der Waals surface area contributed by atoms with Gasteiger partial charge in [0.25, 0.3) is 0 Å². The second-order valence-corrected chi connectivity index (χ2v) is 11.8. The van der Waals surface area contributed by atoms with Crippen LogP contribution < -0.4 is 4.74 Å². The molecule has 1 N–H and O–H groups in total. The second-order valence-electron chi connectivity index (χ2n) is 10.4. The minimum atomic E-state index is -4.61. The fourth-order valence-corrected chi connectivity index (χ4v) is 5.99. The minimum Gasteiger partial charge on any atom is -0.491 e. The topological polar surface area (TPSA) is 66.8 Å². The molecule has 0 heterocycles. The summed E-state index contributed by atoms with van der Waals surface area (Å²) in [6.07, 6.45) is -4.77. The molecule has 1 atom stereocenters. The van der Waals surface area contributed by atoms with Crippen LogP contribution in [0.4, 0.5) is 17.6 Å². The molecule has 0 aliphatic heterocycles. The molecule has 4 rings (SSSR count). The van der Waals surface area contributed by atoms with Gasteiger partial charge in [0.1, 0.15) is 11.6 Å². The van der Waals surface area contributed by atoms with Gasteiger partial charge < -0.3 is 9.84 Å². The highest BCUT2D eigenvalue weighted by Crippen LogP contribution is 2.37. The number of nitrogens with zero attached hydrogens (tertiary/aromatic N) is 1. The van der Waals surface area contributed by atoms with Crippen molar-refractivity contribution in [2.45, 2.75) is 49.6 Å². The highest BCUT2D eigenvalue weighted by molar-refractivity contribution is 7.72. The second kappa shape index (κ2) is 15.0. The van der Waals surface area contributed by atoms with Gasteiger partial charge in [-0.15, -0.1) is 0 Å². The lowest BCUT2D eigenvalue weighted by Crippen LogP contribution is -2.32. The first-order valence-corrected chi connectivity index (χ1v) is 15.4. The summed E-state index contributed by atoms with van der Waals surface area (Å²) in [5, 5.41) is 9.02. The van der Waals surface area contributed by atoms with E-state index in [1.807, 2.05) is 65.6 Å². The van der Waals surface area contributed by atoms with Crippen LogP contribution in [0.25, 0.3) is 0 Å². The number of hydrogen-bond donors (Lipinski definition) is 2. The molecule has 5 nitrogen and oxygen atoms in total. The third kappa shape index (κ3) is 8.59. The fraction of sp³-hybridized carbons (Fsp3) is 0.273. The summed E-state index contributed by atoms with van der Waals surface area (Å²) < 4.78 is 84.5. The minimum absolute atomic E-state index is 0.0136. The zero-order valence-electron chi connectivity index (χ0n) is 23.8. The van der Waals surface area contributed by atoms with Gasteiger partial charge in [-0.2, -0.15) is 13.2 Å². The van der Waals surface area contributed by atoms with Crippen LogP contribution in [-0.2, 0) is 30.0 Å². The van der Waals surface area contributed by atoms with E-state index in [9.17, 15) is 31.1 Å². The Bertz CT molecular complexity index is 1570. The van der Waals surface area contributed by atoms with Crippen molar-refractivity contribution in [2.24, 2.45) is 0 Å². The van der Waals surface area contributed by atoms with Crippen molar-refractivity contribution in [1.82, 2.24) is 4.90 Å². The monoisotopic (exact) mass is 649 g/mol. The first-order valence-electron chi connectivity index (χ1n) is 13.9. The summed E-state index contributed by atoms with van der Waals surface area (Å²) in [7, 11) is -3.18. The van der Waals surface area contributed by atoms with Crippen LogP contribution >= 0.6 is 11.6 Å². The molecule has 0 radical (unpaired) electrons. The van der Waals surface area contributed by atoms with Gasteiger partial charge in [-0.1, -0.05) is 84.4 Å². The number of halogens is 5. The first-order chi connectivity index (χ1) is 21.0. The van der Waals surface area contributed by atoms with E-state index in [1.165, 1.54) is 6.07 Å². The predicted molar refractivity (Wildman–Crippen MR) is 162 cm³/mol. The lowest BCUT2D eigenvalue weighted by molar-refractivity contribution is -0.137. The Balaban J connectivity index is 1.62. The Morgan fingerprint density at radius 2 is 1.55 bits per heavy atom. The fourth-order valence-electron chi connectivity index (χ4n) is 5.07. The van der Waals surface area contributed by atoms with Gasteiger partial charge in [0, 0.05) is 37.2 Å². The molecule has 234 valence electrons. The maximum absolute atomic E-state index is 14.5. The maximum Gasteiger partial charge on any atom is 0.417 e. The van der Waals surface area contributed by atoms with Gasteiger partial charge in [0.2, 0.25) is 0 Å². The molecule has 4 aromatic rings. The van der Waals surface area contributed by atoms with Crippen LogP contribution in [0.1, 0.15) is 47.1 Å². The number of aliphatic hydroxyl groups excluding tert-OH is 1. The van der Waals surface area contributed by atoms with Crippen molar-refractivity contribution < 1.29 is 35.8 Å². The van der Waals surface area contributed by atoms with Crippen LogP contribution in [0, 0.1) is 5.82 Å². The average molecular weight is 650 g/mol. The summed E-state index contributed by atoms with van der Waals surface area (Å²) in [4.78, 5) is 1.64. The molecule has 44 heavy (non-hydrogen) atoms. The summed E-state index contributed by atoms with van der Waals surface area (Å²) in [5.41, 5.74) is 1.14.